The third-order valence-electron chi connectivity index (χ3n) is 10.7. The first-order valence-electron chi connectivity index (χ1n) is 18.8. The summed E-state index contributed by atoms with van der Waals surface area (Å²) in [6, 6.07) is 67.4. The van der Waals surface area contributed by atoms with Gasteiger partial charge in [0.15, 0.2) is 17.5 Å². The SMILES string of the molecule is c1ccc(-c2ccc(-c3nc(-c4ccccc4)nc(-c4cccc5oc6ccccc6c45)n3)c(-n3c4ccccc4c4c(-c5ccccc5)cccc43)c2)cc1. The Labute approximate surface area is 322 Å². The molecule has 11 rings (SSSR count). The van der Waals surface area contributed by atoms with Gasteiger partial charge >= 0.3 is 0 Å². The summed E-state index contributed by atoms with van der Waals surface area (Å²) in [5.74, 6) is 1.76. The Hall–Kier alpha value is -7.63. The number of para-hydroxylation sites is 2. The second-order valence-electron chi connectivity index (χ2n) is 14.0. The van der Waals surface area contributed by atoms with Crippen LogP contribution in [-0.2, 0) is 0 Å². The van der Waals surface area contributed by atoms with Gasteiger partial charge in [-0.05, 0) is 58.7 Å². The Morgan fingerprint density at radius 2 is 0.911 bits per heavy atom. The fourth-order valence-electron chi connectivity index (χ4n) is 8.15. The van der Waals surface area contributed by atoms with E-state index in [4.69, 9.17) is 19.4 Å². The molecule has 0 bridgehead atoms. The number of furan rings is 1. The van der Waals surface area contributed by atoms with Crippen molar-refractivity contribution in [3.05, 3.63) is 194 Å². The molecule has 0 radical (unpaired) electrons. The highest BCUT2D eigenvalue weighted by molar-refractivity contribution is 6.16. The number of fused-ring (bicyclic) bond motifs is 6. The van der Waals surface area contributed by atoms with Crippen molar-refractivity contribution in [3.8, 4) is 62.1 Å². The van der Waals surface area contributed by atoms with Crippen LogP contribution in [-0.4, -0.2) is 19.5 Å². The first-order chi connectivity index (χ1) is 27.8. The van der Waals surface area contributed by atoms with Crippen molar-refractivity contribution in [3.63, 3.8) is 0 Å². The number of rotatable bonds is 6. The van der Waals surface area contributed by atoms with E-state index < -0.39 is 0 Å². The molecule has 0 aliphatic carbocycles. The maximum atomic E-state index is 6.32. The Balaban J connectivity index is 1.23. The van der Waals surface area contributed by atoms with Gasteiger partial charge < -0.3 is 8.98 Å². The molecule has 0 aliphatic heterocycles. The molecule has 11 aromatic rings. The summed E-state index contributed by atoms with van der Waals surface area (Å²) in [5.41, 5.74) is 12.1. The second kappa shape index (κ2) is 13.0. The van der Waals surface area contributed by atoms with E-state index in [1.807, 2.05) is 60.7 Å². The van der Waals surface area contributed by atoms with Gasteiger partial charge in [0, 0.05) is 38.2 Å². The predicted molar refractivity (Wildman–Crippen MR) is 229 cm³/mol. The van der Waals surface area contributed by atoms with E-state index >= 15 is 0 Å². The fourth-order valence-corrected chi connectivity index (χ4v) is 8.15. The van der Waals surface area contributed by atoms with E-state index in [2.05, 4.69) is 138 Å². The molecule has 56 heavy (non-hydrogen) atoms. The highest BCUT2D eigenvalue weighted by atomic mass is 16.3. The van der Waals surface area contributed by atoms with Crippen molar-refractivity contribution in [1.29, 1.82) is 0 Å². The molecule has 0 amide bonds. The van der Waals surface area contributed by atoms with Crippen LogP contribution in [0.25, 0.3) is 106 Å². The lowest BCUT2D eigenvalue weighted by Crippen LogP contribution is -2.04. The molecular weight excluding hydrogens is 685 g/mol. The summed E-state index contributed by atoms with van der Waals surface area (Å²) in [6.45, 7) is 0. The van der Waals surface area contributed by atoms with Crippen LogP contribution in [0.2, 0.25) is 0 Å². The monoisotopic (exact) mass is 716 g/mol. The molecule has 0 aliphatic rings. The van der Waals surface area contributed by atoms with E-state index in [1.54, 1.807) is 0 Å². The Morgan fingerprint density at radius 3 is 1.70 bits per heavy atom. The Bertz CT molecular complexity index is 3240. The van der Waals surface area contributed by atoms with Crippen molar-refractivity contribution in [2.75, 3.05) is 0 Å². The lowest BCUT2D eigenvalue weighted by Gasteiger charge is -2.17. The van der Waals surface area contributed by atoms with Gasteiger partial charge in [0.25, 0.3) is 0 Å². The first-order valence-corrected chi connectivity index (χ1v) is 18.8. The molecule has 8 aromatic carbocycles. The summed E-state index contributed by atoms with van der Waals surface area (Å²) in [6.07, 6.45) is 0. The lowest BCUT2D eigenvalue weighted by atomic mass is 9.99. The zero-order valence-corrected chi connectivity index (χ0v) is 30.2. The van der Waals surface area contributed by atoms with Gasteiger partial charge in [-0.1, -0.05) is 158 Å². The van der Waals surface area contributed by atoms with Crippen LogP contribution >= 0.6 is 0 Å². The van der Waals surface area contributed by atoms with Gasteiger partial charge in [-0.25, -0.2) is 15.0 Å². The summed E-state index contributed by atoms with van der Waals surface area (Å²) in [7, 11) is 0. The summed E-state index contributed by atoms with van der Waals surface area (Å²) < 4.78 is 8.70. The van der Waals surface area contributed by atoms with Gasteiger partial charge in [0.05, 0.1) is 16.7 Å². The largest absolute Gasteiger partial charge is 0.456 e. The summed E-state index contributed by atoms with van der Waals surface area (Å²) >= 11 is 0. The molecule has 0 saturated carbocycles. The van der Waals surface area contributed by atoms with E-state index in [1.165, 1.54) is 21.9 Å². The first kappa shape index (κ1) is 31.9. The van der Waals surface area contributed by atoms with Crippen LogP contribution in [0.5, 0.6) is 0 Å². The normalized spacial score (nSPS) is 11.6. The molecule has 0 unspecified atom stereocenters. The predicted octanol–water partition coefficient (Wildman–Crippen LogP) is 13.2. The van der Waals surface area contributed by atoms with Crippen molar-refractivity contribution in [1.82, 2.24) is 19.5 Å². The molecule has 0 atom stereocenters. The molecule has 5 heteroatoms. The number of aromatic nitrogens is 4. The second-order valence-corrected chi connectivity index (χ2v) is 14.0. The summed E-state index contributed by atoms with van der Waals surface area (Å²) in [4.78, 5) is 15.8. The van der Waals surface area contributed by atoms with E-state index in [0.29, 0.717) is 17.5 Å². The lowest BCUT2D eigenvalue weighted by molar-refractivity contribution is 0.669. The fraction of sp³-hybridized carbons (Fsp3) is 0. The maximum absolute atomic E-state index is 6.32. The molecule has 0 spiro atoms. The van der Waals surface area contributed by atoms with Crippen molar-refractivity contribution in [2.24, 2.45) is 0 Å². The zero-order chi connectivity index (χ0) is 37.0. The van der Waals surface area contributed by atoms with Crippen LogP contribution in [0.15, 0.2) is 199 Å². The minimum atomic E-state index is 0.581. The number of benzene rings is 8. The Morgan fingerprint density at radius 1 is 0.339 bits per heavy atom. The Kier molecular flexibility index (Phi) is 7.42. The van der Waals surface area contributed by atoms with Crippen molar-refractivity contribution in [2.45, 2.75) is 0 Å². The van der Waals surface area contributed by atoms with Crippen LogP contribution in [0.4, 0.5) is 0 Å². The molecule has 262 valence electrons. The highest BCUT2D eigenvalue weighted by Gasteiger charge is 2.23. The quantitative estimate of drug-likeness (QED) is 0.172. The highest BCUT2D eigenvalue weighted by Crippen LogP contribution is 2.42. The third-order valence-corrected chi connectivity index (χ3v) is 10.7. The van der Waals surface area contributed by atoms with E-state index in [9.17, 15) is 0 Å². The molecule has 0 saturated heterocycles. The van der Waals surface area contributed by atoms with Crippen LogP contribution in [0.3, 0.4) is 0 Å². The zero-order valence-electron chi connectivity index (χ0n) is 30.2. The molecule has 3 heterocycles. The van der Waals surface area contributed by atoms with Gasteiger partial charge in [-0.2, -0.15) is 0 Å². The third kappa shape index (κ3) is 5.21. The average Bonchev–Trinajstić information content (AvgIpc) is 3.83. The van der Waals surface area contributed by atoms with Crippen LogP contribution in [0.1, 0.15) is 0 Å². The van der Waals surface area contributed by atoms with Crippen molar-refractivity contribution < 1.29 is 4.42 Å². The minimum absolute atomic E-state index is 0.581. The smallest absolute Gasteiger partial charge is 0.166 e. The minimum Gasteiger partial charge on any atom is -0.456 e. The molecular formula is C51H32N4O. The topological polar surface area (TPSA) is 56.7 Å². The molecule has 3 aromatic heterocycles. The van der Waals surface area contributed by atoms with Crippen molar-refractivity contribution >= 4 is 43.7 Å². The molecule has 0 fully saturated rings. The molecule has 5 nitrogen and oxygen atoms in total. The van der Waals surface area contributed by atoms with Gasteiger partial charge in [0.2, 0.25) is 0 Å². The van der Waals surface area contributed by atoms with Gasteiger partial charge in [0.1, 0.15) is 11.2 Å². The van der Waals surface area contributed by atoms with Gasteiger partial charge in [-0.3, -0.25) is 0 Å². The average molecular weight is 717 g/mol. The molecule has 0 N–H and O–H groups in total. The summed E-state index contributed by atoms with van der Waals surface area (Å²) in [5, 5.41) is 4.38. The number of hydrogen-bond acceptors (Lipinski definition) is 4. The van der Waals surface area contributed by atoms with E-state index in [-0.39, 0.29) is 0 Å². The van der Waals surface area contributed by atoms with Crippen LogP contribution < -0.4 is 0 Å². The number of nitrogens with zero attached hydrogens (tertiary/aromatic N) is 4. The van der Waals surface area contributed by atoms with Gasteiger partial charge in [-0.15, -0.1) is 0 Å². The maximum Gasteiger partial charge on any atom is 0.166 e. The van der Waals surface area contributed by atoms with E-state index in [0.717, 1.165) is 66.5 Å². The standard InChI is InChI=1S/C51H32N4O/c1-4-16-33(17-5-1)36-30-31-39(44(32-36)55-42-26-12-10-22-38(42)47-37(24-14-27-43(47)55)34-18-6-2-7-19-34)50-52-49(35-20-8-3-9-21-35)53-51(54-50)41-25-15-29-46-48(41)40-23-11-13-28-45(40)56-46/h1-32H. The number of hydrogen-bond donors (Lipinski definition) is 0. The van der Waals surface area contributed by atoms with Crippen LogP contribution in [0, 0.1) is 0 Å².